The van der Waals surface area contributed by atoms with Crippen LogP contribution >= 0.6 is 0 Å². The zero-order valence-electron chi connectivity index (χ0n) is 39.1. The third-order valence-electron chi connectivity index (χ3n) is 14.2. The van der Waals surface area contributed by atoms with Gasteiger partial charge in [-0.05, 0) is 150 Å². The van der Waals surface area contributed by atoms with Gasteiger partial charge in [0.15, 0.2) is 23.0 Å². The first-order valence-electron chi connectivity index (χ1n) is 24.5. The second-order valence-electron chi connectivity index (χ2n) is 18.5. The van der Waals surface area contributed by atoms with Gasteiger partial charge in [-0.3, -0.25) is 0 Å². The molecule has 73 heavy (non-hydrogen) atoms. The van der Waals surface area contributed by atoms with Gasteiger partial charge in [0, 0.05) is 32.9 Å². The van der Waals surface area contributed by atoms with Crippen molar-refractivity contribution in [3.63, 3.8) is 0 Å². The van der Waals surface area contributed by atoms with Crippen LogP contribution in [-0.2, 0) is 0 Å². The lowest BCUT2D eigenvalue weighted by atomic mass is 10.0. The predicted molar refractivity (Wildman–Crippen MR) is 296 cm³/mol. The average Bonchev–Trinajstić information content (AvgIpc) is 4.02. The standard InChI is InChI=1S/C66H41N3O4/c1-7-19-59-51(13-1)53-37-44(29-35-61(53)70-59)42-25-31-46(32-26-42)67(47-33-27-43(28-34-47)45-30-36-62-54(38-45)52-14-2-8-20-60(52)71-62)48-39-49(68-55-15-3-9-21-63(55)72-64-22-10-4-16-56(64)68)41-50(40-48)69-57-17-5-11-23-65(57)73-66-24-12-6-18-58(66)69/h1-41H. The topological polar surface area (TPSA) is 54.5 Å². The molecule has 0 saturated heterocycles. The van der Waals surface area contributed by atoms with Gasteiger partial charge in [0.1, 0.15) is 22.3 Å². The summed E-state index contributed by atoms with van der Waals surface area (Å²) in [7, 11) is 0. The van der Waals surface area contributed by atoms with E-state index in [0.29, 0.717) is 0 Å². The van der Waals surface area contributed by atoms with Gasteiger partial charge in [0.25, 0.3) is 0 Å². The van der Waals surface area contributed by atoms with Crippen LogP contribution in [0.4, 0.5) is 51.2 Å². The lowest BCUT2D eigenvalue weighted by Crippen LogP contribution is -2.19. The number of nitrogens with zero attached hydrogens (tertiary/aromatic N) is 3. The Morgan fingerprint density at radius 2 is 0.603 bits per heavy atom. The summed E-state index contributed by atoms with van der Waals surface area (Å²) in [6.45, 7) is 0. The Balaban J connectivity index is 0.934. The Hall–Kier alpha value is -9.98. The highest BCUT2D eigenvalue weighted by Crippen LogP contribution is 2.55. The summed E-state index contributed by atoms with van der Waals surface area (Å²) in [6, 6.07) is 87.0. The fourth-order valence-corrected chi connectivity index (χ4v) is 10.8. The van der Waals surface area contributed by atoms with Crippen LogP contribution in [0, 0.1) is 0 Å². The van der Waals surface area contributed by atoms with Gasteiger partial charge in [0.05, 0.1) is 39.8 Å². The van der Waals surface area contributed by atoms with E-state index in [-0.39, 0.29) is 0 Å². The van der Waals surface area contributed by atoms with E-state index in [0.717, 1.165) is 140 Å². The normalized spacial score (nSPS) is 12.5. The Bertz CT molecular complexity index is 3940. The van der Waals surface area contributed by atoms with Crippen molar-refractivity contribution in [1.29, 1.82) is 0 Å². The molecule has 0 bridgehead atoms. The van der Waals surface area contributed by atoms with Crippen molar-refractivity contribution < 1.29 is 18.3 Å². The van der Waals surface area contributed by atoms with Crippen LogP contribution in [0.3, 0.4) is 0 Å². The van der Waals surface area contributed by atoms with Crippen molar-refractivity contribution in [1.82, 2.24) is 0 Å². The third-order valence-corrected chi connectivity index (χ3v) is 14.2. The first-order valence-corrected chi connectivity index (χ1v) is 24.5. The van der Waals surface area contributed by atoms with E-state index < -0.39 is 0 Å². The van der Waals surface area contributed by atoms with E-state index in [1.54, 1.807) is 0 Å². The highest BCUT2D eigenvalue weighted by Gasteiger charge is 2.31. The molecule has 0 amide bonds. The molecule has 15 rings (SSSR count). The van der Waals surface area contributed by atoms with Crippen molar-refractivity contribution in [3.8, 4) is 45.3 Å². The summed E-state index contributed by atoms with van der Waals surface area (Å²) in [4.78, 5) is 6.99. The molecular formula is C66H41N3O4. The maximum absolute atomic E-state index is 6.57. The molecule has 4 heterocycles. The largest absolute Gasteiger partial charge is 0.456 e. The number of anilines is 9. The van der Waals surface area contributed by atoms with Gasteiger partial charge in [-0.1, -0.05) is 121 Å². The Labute approximate surface area is 420 Å². The molecule has 13 aromatic rings. The number of rotatable bonds is 7. The van der Waals surface area contributed by atoms with E-state index in [9.17, 15) is 0 Å². The lowest BCUT2D eigenvalue weighted by Gasteiger charge is -2.37. The minimum atomic E-state index is 0.779. The molecule has 2 aliphatic rings. The molecule has 11 aromatic carbocycles. The second-order valence-corrected chi connectivity index (χ2v) is 18.5. The molecule has 0 N–H and O–H groups in total. The van der Waals surface area contributed by atoms with Crippen LogP contribution in [0.2, 0.25) is 0 Å². The Kier molecular flexibility index (Phi) is 9.13. The van der Waals surface area contributed by atoms with Crippen molar-refractivity contribution in [2.75, 3.05) is 14.7 Å². The fraction of sp³-hybridized carbons (Fsp3) is 0. The first-order chi connectivity index (χ1) is 36.1. The number of fused-ring (bicyclic) bond motifs is 10. The molecule has 2 aromatic heterocycles. The summed E-state index contributed by atoms with van der Waals surface area (Å²) in [5.41, 5.74) is 16.6. The van der Waals surface area contributed by atoms with E-state index in [4.69, 9.17) is 18.3 Å². The van der Waals surface area contributed by atoms with E-state index in [2.05, 4.69) is 191 Å². The quantitative estimate of drug-likeness (QED) is 0.158. The Morgan fingerprint density at radius 1 is 0.260 bits per heavy atom. The molecule has 7 nitrogen and oxygen atoms in total. The van der Waals surface area contributed by atoms with Gasteiger partial charge in [-0.2, -0.15) is 0 Å². The van der Waals surface area contributed by atoms with Crippen LogP contribution in [0.1, 0.15) is 0 Å². The van der Waals surface area contributed by atoms with Gasteiger partial charge in [0.2, 0.25) is 0 Å². The van der Waals surface area contributed by atoms with Gasteiger partial charge < -0.3 is 33.0 Å². The van der Waals surface area contributed by atoms with Crippen LogP contribution in [0.5, 0.6) is 23.0 Å². The number of ether oxygens (including phenoxy) is 2. The molecule has 344 valence electrons. The zero-order chi connectivity index (χ0) is 48.0. The molecule has 7 heteroatoms. The van der Waals surface area contributed by atoms with Crippen molar-refractivity contribution in [2.45, 2.75) is 0 Å². The highest BCUT2D eigenvalue weighted by atomic mass is 16.5. The number of benzene rings is 11. The fourth-order valence-electron chi connectivity index (χ4n) is 10.8. The molecule has 0 atom stereocenters. The van der Waals surface area contributed by atoms with Crippen LogP contribution < -0.4 is 24.2 Å². The maximum atomic E-state index is 6.57. The number of hydrogen-bond donors (Lipinski definition) is 0. The van der Waals surface area contributed by atoms with Crippen LogP contribution in [-0.4, -0.2) is 0 Å². The van der Waals surface area contributed by atoms with Crippen molar-refractivity contribution in [3.05, 3.63) is 249 Å². The van der Waals surface area contributed by atoms with Gasteiger partial charge in [-0.15, -0.1) is 0 Å². The van der Waals surface area contributed by atoms with Crippen LogP contribution in [0.25, 0.3) is 66.1 Å². The molecule has 0 radical (unpaired) electrons. The SMILES string of the molecule is c1ccc2c(c1)Oc1ccccc1N2c1cc(N(c2ccc(-c3ccc4oc5ccccc5c4c3)cc2)c2ccc(-c3ccc4oc5ccccc5c4c3)cc2)cc(N2c3ccccc3Oc3ccccc32)c1. The van der Waals surface area contributed by atoms with E-state index >= 15 is 0 Å². The van der Waals surface area contributed by atoms with Crippen LogP contribution in [0.15, 0.2) is 258 Å². The third kappa shape index (κ3) is 6.74. The predicted octanol–water partition coefficient (Wildman–Crippen LogP) is 19.4. The summed E-state index contributed by atoms with van der Waals surface area (Å²) < 4.78 is 25.6. The molecule has 0 spiro atoms. The van der Waals surface area contributed by atoms with E-state index in [1.165, 1.54) is 0 Å². The zero-order valence-corrected chi connectivity index (χ0v) is 39.1. The molecule has 2 aliphatic heterocycles. The first kappa shape index (κ1) is 40.9. The summed E-state index contributed by atoms with van der Waals surface area (Å²) in [5, 5.41) is 4.41. The monoisotopic (exact) mass is 939 g/mol. The highest BCUT2D eigenvalue weighted by molar-refractivity contribution is 6.07. The summed E-state index contributed by atoms with van der Waals surface area (Å²) in [5.74, 6) is 3.12. The number of furan rings is 2. The lowest BCUT2D eigenvalue weighted by molar-refractivity contribution is 0.477. The average molecular weight is 940 g/mol. The van der Waals surface area contributed by atoms with Gasteiger partial charge >= 0.3 is 0 Å². The second kappa shape index (κ2) is 16.3. The molecular weight excluding hydrogens is 899 g/mol. The molecule has 0 aliphatic carbocycles. The maximum Gasteiger partial charge on any atom is 0.151 e. The minimum absolute atomic E-state index is 0.779. The number of para-hydroxylation sites is 10. The van der Waals surface area contributed by atoms with Crippen molar-refractivity contribution in [2.24, 2.45) is 0 Å². The Morgan fingerprint density at radius 3 is 1.01 bits per heavy atom. The van der Waals surface area contributed by atoms with Gasteiger partial charge in [-0.25, -0.2) is 0 Å². The molecule has 0 fully saturated rings. The summed E-state index contributed by atoms with van der Waals surface area (Å²) >= 11 is 0. The molecule has 0 saturated carbocycles. The van der Waals surface area contributed by atoms with Crippen molar-refractivity contribution >= 4 is 95.1 Å². The molecule has 0 unspecified atom stereocenters. The summed E-state index contributed by atoms with van der Waals surface area (Å²) in [6.07, 6.45) is 0. The number of hydrogen-bond acceptors (Lipinski definition) is 7. The smallest absolute Gasteiger partial charge is 0.151 e. The van der Waals surface area contributed by atoms with E-state index in [1.807, 2.05) is 72.8 Å². The minimum Gasteiger partial charge on any atom is -0.456 e.